The molecular weight excluding hydrogens is 424 g/mol. The second kappa shape index (κ2) is 9.34. The largest absolute Gasteiger partial charge is 0.324 e. The smallest absolute Gasteiger partial charge is 0.305 e. The molecule has 0 spiro atoms. The average molecular weight is 443 g/mol. The van der Waals surface area contributed by atoms with Crippen molar-refractivity contribution in [2.24, 2.45) is 0 Å². The summed E-state index contributed by atoms with van der Waals surface area (Å²) in [6.07, 6.45) is 1.65. The molecule has 0 radical (unpaired) electrons. The van der Waals surface area contributed by atoms with Gasteiger partial charge in [0.1, 0.15) is 5.82 Å². The highest BCUT2D eigenvalue weighted by Gasteiger charge is 2.15. The Morgan fingerprint density at radius 1 is 1.07 bits per heavy atom. The van der Waals surface area contributed by atoms with Gasteiger partial charge in [-0.05, 0) is 29.0 Å². The van der Waals surface area contributed by atoms with E-state index in [-0.39, 0.29) is 9.92 Å². The molecule has 0 saturated carbocycles. The molecule has 0 saturated heterocycles. The van der Waals surface area contributed by atoms with Crippen molar-refractivity contribution in [1.82, 2.24) is 14.8 Å². The van der Waals surface area contributed by atoms with E-state index in [1.54, 1.807) is 29.2 Å². The zero-order valence-electron chi connectivity index (χ0n) is 15.4. The summed E-state index contributed by atoms with van der Waals surface area (Å²) in [7, 11) is 0. The normalized spacial score (nSPS) is 11.0. The van der Waals surface area contributed by atoms with Crippen LogP contribution in [0.15, 0.2) is 64.4 Å². The molecule has 0 fully saturated rings. The van der Waals surface area contributed by atoms with Crippen LogP contribution in [-0.2, 0) is 25.1 Å². The Kier molecular flexibility index (Phi) is 6.38. The van der Waals surface area contributed by atoms with Crippen molar-refractivity contribution in [2.75, 3.05) is 0 Å². The summed E-state index contributed by atoms with van der Waals surface area (Å²) in [6, 6.07) is 16.2. The van der Waals surface area contributed by atoms with Gasteiger partial charge < -0.3 is 4.57 Å². The Balaban J connectivity index is 1.51. The van der Waals surface area contributed by atoms with Gasteiger partial charge in [-0.1, -0.05) is 59.5 Å². The molecule has 3 heterocycles. The molecule has 29 heavy (non-hydrogen) atoms. The van der Waals surface area contributed by atoms with E-state index in [9.17, 15) is 10.1 Å². The topological polar surface area (TPSA) is 73.8 Å². The lowest BCUT2D eigenvalue weighted by molar-refractivity contribution is -0.380. The number of nitro groups is 1. The summed E-state index contributed by atoms with van der Waals surface area (Å²) in [4.78, 5) is 11.8. The molecule has 0 aliphatic heterocycles. The van der Waals surface area contributed by atoms with Crippen molar-refractivity contribution in [3.8, 4) is 0 Å². The van der Waals surface area contributed by atoms with Crippen molar-refractivity contribution < 1.29 is 4.92 Å². The lowest BCUT2D eigenvalue weighted by Crippen LogP contribution is -2.08. The number of thioether (sulfide) groups is 1. The summed E-state index contributed by atoms with van der Waals surface area (Å²) in [6.45, 7) is 0.795. The van der Waals surface area contributed by atoms with E-state index >= 15 is 0 Å². The van der Waals surface area contributed by atoms with Crippen LogP contribution in [0.5, 0.6) is 0 Å². The number of hydrogen-bond donors (Lipinski definition) is 0. The first-order valence-corrected chi connectivity index (χ1v) is 11.8. The van der Waals surface area contributed by atoms with Crippen molar-refractivity contribution in [1.29, 1.82) is 0 Å². The lowest BCUT2D eigenvalue weighted by atomic mass is 10.1. The maximum atomic E-state index is 10.9. The lowest BCUT2D eigenvalue weighted by Gasteiger charge is -2.10. The Morgan fingerprint density at radius 3 is 2.66 bits per heavy atom. The summed E-state index contributed by atoms with van der Waals surface area (Å²) >= 11 is 4.44. The minimum atomic E-state index is -0.347. The SMILES string of the molecule is O=[N+]([O-])c1cc(CSc2nnc(Cc3cccs3)n2CCc2ccccc2)cs1. The molecule has 4 rings (SSSR count). The molecular formula is C20H18N4O2S3. The monoisotopic (exact) mass is 442 g/mol. The van der Waals surface area contributed by atoms with Gasteiger partial charge in [0, 0.05) is 35.0 Å². The third-order valence-corrected chi connectivity index (χ3v) is 7.20. The summed E-state index contributed by atoms with van der Waals surface area (Å²) < 4.78 is 2.18. The third-order valence-electron chi connectivity index (χ3n) is 4.36. The van der Waals surface area contributed by atoms with Crippen LogP contribution in [0.4, 0.5) is 5.00 Å². The van der Waals surface area contributed by atoms with Gasteiger partial charge in [-0.15, -0.1) is 21.5 Å². The van der Waals surface area contributed by atoms with Gasteiger partial charge in [-0.3, -0.25) is 10.1 Å². The fourth-order valence-corrected chi connectivity index (χ4v) is 5.37. The first kappa shape index (κ1) is 19.8. The zero-order chi connectivity index (χ0) is 20.1. The summed E-state index contributed by atoms with van der Waals surface area (Å²) in [5.74, 6) is 1.58. The van der Waals surface area contributed by atoms with Crippen molar-refractivity contribution >= 4 is 39.4 Å². The maximum absolute atomic E-state index is 10.9. The molecule has 3 aromatic heterocycles. The van der Waals surface area contributed by atoms with Gasteiger partial charge in [0.15, 0.2) is 5.16 Å². The van der Waals surface area contributed by atoms with Gasteiger partial charge >= 0.3 is 5.00 Å². The highest BCUT2D eigenvalue weighted by molar-refractivity contribution is 7.98. The number of rotatable bonds is 9. The molecule has 148 valence electrons. The van der Waals surface area contributed by atoms with Gasteiger partial charge in [-0.2, -0.15) is 0 Å². The molecule has 9 heteroatoms. The van der Waals surface area contributed by atoms with E-state index in [2.05, 4.69) is 38.3 Å². The first-order chi connectivity index (χ1) is 14.2. The molecule has 0 bridgehead atoms. The Morgan fingerprint density at radius 2 is 1.93 bits per heavy atom. The Labute approximate surface area is 180 Å². The quantitative estimate of drug-likeness (QED) is 0.196. The van der Waals surface area contributed by atoms with Gasteiger partial charge in [0.05, 0.1) is 4.92 Å². The van der Waals surface area contributed by atoms with E-state index in [4.69, 9.17) is 0 Å². The van der Waals surface area contributed by atoms with Gasteiger partial charge in [-0.25, -0.2) is 0 Å². The molecule has 0 N–H and O–H groups in total. The number of thiophene rings is 2. The van der Waals surface area contributed by atoms with E-state index < -0.39 is 0 Å². The summed E-state index contributed by atoms with van der Waals surface area (Å²) in [5, 5.41) is 24.7. The molecule has 0 aliphatic rings. The average Bonchev–Trinajstić information content (AvgIpc) is 3.48. The van der Waals surface area contributed by atoms with E-state index in [1.165, 1.54) is 10.4 Å². The van der Waals surface area contributed by atoms with Crippen LogP contribution in [0.2, 0.25) is 0 Å². The highest BCUT2D eigenvalue weighted by atomic mass is 32.2. The first-order valence-electron chi connectivity index (χ1n) is 9.02. The van der Waals surface area contributed by atoms with E-state index in [0.29, 0.717) is 5.75 Å². The number of hydrogen-bond acceptors (Lipinski definition) is 7. The van der Waals surface area contributed by atoms with Crippen molar-refractivity contribution in [3.05, 3.63) is 91.2 Å². The number of aromatic nitrogens is 3. The Hall–Kier alpha value is -2.49. The Bertz CT molecular complexity index is 1070. The number of aryl methyl sites for hydroxylation is 1. The van der Waals surface area contributed by atoms with Crippen LogP contribution in [0, 0.1) is 10.1 Å². The molecule has 6 nitrogen and oxygen atoms in total. The minimum Gasteiger partial charge on any atom is -0.305 e. The minimum absolute atomic E-state index is 0.171. The maximum Gasteiger partial charge on any atom is 0.324 e. The predicted molar refractivity (Wildman–Crippen MR) is 118 cm³/mol. The predicted octanol–water partition coefficient (Wildman–Crippen LogP) is 5.44. The fraction of sp³-hybridized carbons (Fsp3) is 0.200. The number of benzene rings is 1. The third kappa shape index (κ3) is 5.11. The molecule has 4 aromatic rings. The second-order valence-electron chi connectivity index (χ2n) is 6.38. The van der Waals surface area contributed by atoms with E-state index in [0.717, 1.165) is 47.3 Å². The molecule has 0 atom stereocenters. The van der Waals surface area contributed by atoms with Gasteiger partial charge in [0.25, 0.3) is 0 Å². The highest BCUT2D eigenvalue weighted by Crippen LogP contribution is 2.29. The van der Waals surface area contributed by atoms with Crippen molar-refractivity contribution in [3.63, 3.8) is 0 Å². The van der Waals surface area contributed by atoms with Crippen LogP contribution >= 0.6 is 34.4 Å². The molecule has 0 unspecified atom stereocenters. The van der Waals surface area contributed by atoms with E-state index in [1.807, 2.05) is 29.6 Å². The fourth-order valence-electron chi connectivity index (χ4n) is 2.92. The second-order valence-corrected chi connectivity index (χ2v) is 9.25. The van der Waals surface area contributed by atoms with Crippen LogP contribution in [-0.4, -0.2) is 19.7 Å². The van der Waals surface area contributed by atoms with Crippen molar-refractivity contribution in [2.45, 2.75) is 30.3 Å². The molecule has 0 aliphatic carbocycles. The van der Waals surface area contributed by atoms with Crippen LogP contribution in [0.25, 0.3) is 0 Å². The van der Waals surface area contributed by atoms with Gasteiger partial charge in [0.2, 0.25) is 0 Å². The standard InChI is InChI=1S/C20H18N4O2S3/c25-24(26)19-11-16(13-28-19)14-29-20-22-21-18(12-17-7-4-10-27-17)23(20)9-8-15-5-2-1-3-6-15/h1-7,10-11,13H,8-9,12,14H2. The number of nitrogens with zero attached hydrogens (tertiary/aromatic N) is 4. The molecule has 0 amide bonds. The van der Waals surface area contributed by atoms with Crippen LogP contribution in [0.3, 0.4) is 0 Å². The van der Waals surface area contributed by atoms with Crippen LogP contribution in [0.1, 0.15) is 21.8 Å². The summed E-state index contributed by atoms with van der Waals surface area (Å²) in [5.41, 5.74) is 2.21. The zero-order valence-corrected chi connectivity index (χ0v) is 17.9. The van der Waals surface area contributed by atoms with Crippen LogP contribution < -0.4 is 0 Å². The molecule has 1 aromatic carbocycles.